The largest absolute Gasteiger partial charge is 0.508 e. The zero-order valence-electron chi connectivity index (χ0n) is 21.8. The molecule has 0 aliphatic carbocycles. The third kappa shape index (κ3) is 6.23. The first-order chi connectivity index (χ1) is 17.9. The lowest BCUT2D eigenvalue weighted by Gasteiger charge is -2.28. The lowest BCUT2D eigenvalue weighted by atomic mass is 9.92. The van der Waals surface area contributed by atoms with E-state index in [1.807, 2.05) is 26.8 Å². The maximum absolute atomic E-state index is 12.5. The Morgan fingerprint density at radius 1 is 1.13 bits per heavy atom. The van der Waals surface area contributed by atoms with E-state index < -0.39 is 54.2 Å². The lowest BCUT2D eigenvalue weighted by molar-refractivity contribution is -0.157. The summed E-state index contributed by atoms with van der Waals surface area (Å²) in [6.07, 6.45) is -5.26. The Labute approximate surface area is 218 Å². The van der Waals surface area contributed by atoms with Gasteiger partial charge in [0.15, 0.2) is 18.0 Å². The minimum atomic E-state index is -2.09. The Morgan fingerprint density at radius 3 is 2.39 bits per heavy atom. The molecule has 0 unspecified atom stereocenters. The van der Waals surface area contributed by atoms with Crippen LogP contribution in [0.1, 0.15) is 52.8 Å². The highest BCUT2D eigenvalue weighted by molar-refractivity contribution is 5.70. The van der Waals surface area contributed by atoms with Crippen molar-refractivity contribution >= 4 is 29.6 Å². The number of anilines is 1. The predicted octanol–water partition coefficient (Wildman–Crippen LogP) is 2.71. The number of nitrogens with two attached hydrogens (primary N) is 1. The zero-order chi connectivity index (χ0) is 28.1. The molecule has 2 aromatic heterocycles. The van der Waals surface area contributed by atoms with Gasteiger partial charge in [0.2, 0.25) is 5.60 Å². The molecule has 0 aromatic carbocycles. The summed E-state index contributed by atoms with van der Waals surface area (Å²) in [7, 11) is 0. The number of nitriles is 1. The number of carbonyl (C=O) groups is 3. The van der Waals surface area contributed by atoms with Crippen LogP contribution in [-0.4, -0.2) is 70.5 Å². The summed E-state index contributed by atoms with van der Waals surface area (Å²) in [5, 5.41) is 14.5. The van der Waals surface area contributed by atoms with Gasteiger partial charge in [-0.15, -0.1) is 0 Å². The third-order valence-electron chi connectivity index (χ3n) is 5.49. The molecule has 206 valence electrons. The Hall–Kier alpha value is -4.12. The van der Waals surface area contributed by atoms with E-state index in [1.54, 1.807) is 26.0 Å². The molecule has 0 spiro atoms. The van der Waals surface area contributed by atoms with Gasteiger partial charge in [0.05, 0.1) is 25.3 Å². The fourth-order valence-corrected chi connectivity index (χ4v) is 3.92. The summed E-state index contributed by atoms with van der Waals surface area (Å²) in [4.78, 5) is 41.3. The van der Waals surface area contributed by atoms with Crippen molar-refractivity contribution in [3.63, 3.8) is 0 Å². The smallest absolute Gasteiger partial charge is 0.461 e. The molecule has 14 nitrogen and oxygen atoms in total. The molecule has 2 N–H and O–H groups in total. The second-order valence-corrected chi connectivity index (χ2v) is 9.63. The number of ether oxygens (including phenoxy) is 6. The first-order valence-electron chi connectivity index (χ1n) is 11.9. The second kappa shape index (κ2) is 11.5. The van der Waals surface area contributed by atoms with Gasteiger partial charge in [0.25, 0.3) is 0 Å². The summed E-state index contributed by atoms with van der Waals surface area (Å²) >= 11 is 0. The van der Waals surface area contributed by atoms with Gasteiger partial charge in [-0.1, -0.05) is 20.8 Å². The summed E-state index contributed by atoms with van der Waals surface area (Å²) in [5.74, 6) is -0.445. The average Bonchev–Trinajstić information content (AvgIpc) is 3.38. The van der Waals surface area contributed by atoms with E-state index in [0.29, 0.717) is 11.2 Å². The first-order valence-corrected chi connectivity index (χ1v) is 11.9. The van der Waals surface area contributed by atoms with Gasteiger partial charge in [-0.2, -0.15) is 10.4 Å². The van der Waals surface area contributed by atoms with Crippen molar-refractivity contribution in [1.29, 1.82) is 5.26 Å². The Bertz CT molecular complexity index is 1220. The monoisotopic (exact) mass is 533 g/mol. The van der Waals surface area contributed by atoms with E-state index >= 15 is 0 Å². The molecule has 4 atom stereocenters. The first kappa shape index (κ1) is 28.5. The van der Waals surface area contributed by atoms with E-state index in [4.69, 9.17) is 34.2 Å². The topological polar surface area (TPSA) is 187 Å². The number of hydrogen-bond acceptors (Lipinski definition) is 13. The normalized spacial score (nSPS) is 22.9. The minimum absolute atomic E-state index is 0.00783. The van der Waals surface area contributed by atoms with Gasteiger partial charge in [-0.25, -0.2) is 19.1 Å². The van der Waals surface area contributed by atoms with Crippen LogP contribution in [0.3, 0.4) is 0 Å². The van der Waals surface area contributed by atoms with Gasteiger partial charge in [0, 0.05) is 0 Å². The van der Waals surface area contributed by atoms with Crippen LogP contribution in [0.4, 0.5) is 15.4 Å². The maximum Gasteiger partial charge on any atom is 0.508 e. The second-order valence-electron chi connectivity index (χ2n) is 9.63. The molecule has 3 heterocycles. The number of rotatable bonds is 8. The highest BCUT2D eigenvalue weighted by atomic mass is 16.8. The number of hydrogen-bond donors (Lipinski definition) is 1. The molecule has 0 bridgehead atoms. The molecule has 1 fully saturated rings. The number of nitrogens with zero attached hydrogens (tertiary/aromatic N) is 4. The number of fused-ring (bicyclic) bond motifs is 1. The van der Waals surface area contributed by atoms with Crippen LogP contribution >= 0.6 is 0 Å². The number of carbonyl (C=O) groups excluding carboxylic acids is 3. The molecule has 0 radical (unpaired) electrons. The number of esters is 1. The average molecular weight is 534 g/mol. The molecule has 1 aliphatic rings. The van der Waals surface area contributed by atoms with Crippen molar-refractivity contribution in [1.82, 2.24) is 14.6 Å². The van der Waals surface area contributed by atoms with E-state index in [-0.39, 0.29) is 25.5 Å². The van der Waals surface area contributed by atoms with Gasteiger partial charge < -0.3 is 34.2 Å². The molecule has 38 heavy (non-hydrogen) atoms. The Morgan fingerprint density at radius 2 is 1.79 bits per heavy atom. The van der Waals surface area contributed by atoms with Crippen LogP contribution in [0, 0.1) is 16.7 Å². The highest BCUT2D eigenvalue weighted by Crippen LogP contribution is 2.44. The van der Waals surface area contributed by atoms with Crippen LogP contribution in [-0.2, 0) is 33.2 Å². The highest BCUT2D eigenvalue weighted by Gasteiger charge is 2.62. The van der Waals surface area contributed by atoms with Gasteiger partial charge in [-0.3, -0.25) is 4.79 Å². The van der Waals surface area contributed by atoms with Crippen LogP contribution in [0.15, 0.2) is 18.5 Å². The van der Waals surface area contributed by atoms with Crippen molar-refractivity contribution in [3.05, 3.63) is 24.2 Å². The van der Waals surface area contributed by atoms with Crippen molar-refractivity contribution in [2.75, 3.05) is 25.6 Å². The summed E-state index contributed by atoms with van der Waals surface area (Å²) in [6.45, 7) is 8.00. The van der Waals surface area contributed by atoms with Gasteiger partial charge in [0.1, 0.15) is 30.6 Å². The zero-order valence-corrected chi connectivity index (χ0v) is 21.8. The minimum Gasteiger partial charge on any atom is -0.461 e. The summed E-state index contributed by atoms with van der Waals surface area (Å²) in [5.41, 5.74) is 4.16. The maximum atomic E-state index is 12.5. The molecular weight excluding hydrogens is 502 g/mol. The molecule has 3 rings (SSSR count). The standard InChI is InChI=1S/C24H31N5O9/c1-6-33-21(31)36-18-17(14-8-9-15-20(26)27-13-28-29(14)15)38-24(11-25,19(18)37-22(32)34-7-2)12-35-16(30)10-23(3,4)5/h8-9,13,17-19H,6-7,10,12H2,1-5H3,(H2,26,27,28)/t17-,18-,19-,24+/m0/s1. The fraction of sp³-hybridized carbons (Fsp3) is 0.583. The molecule has 2 aromatic rings. The van der Waals surface area contributed by atoms with Crippen molar-refractivity contribution in [3.8, 4) is 6.07 Å². The van der Waals surface area contributed by atoms with Crippen molar-refractivity contribution < 1.29 is 42.8 Å². The molecular formula is C24H31N5O9. The van der Waals surface area contributed by atoms with Crippen LogP contribution in [0.2, 0.25) is 0 Å². The van der Waals surface area contributed by atoms with E-state index in [2.05, 4.69) is 10.1 Å². The molecule has 1 saturated heterocycles. The fourth-order valence-electron chi connectivity index (χ4n) is 3.92. The molecule has 14 heteroatoms. The van der Waals surface area contributed by atoms with Crippen LogP contribution in [0.25, 0.3) is 5.52 Å². The van der Waals surface area contributed by atoms with E-state index in [1.165, 1.54) is 10.8 Å². The van der Waals surface area contributed by atoms with Crippen molar-refractivity contribution in [2.24, 2.45) is 5.41 Å². The summed E-state index contributed by atoms with van der Waals surface area (Å²) in [6, 6.07) is 5.13. The van der Waals surface area contributed by atoms with Crippen LogP contribution < -0.4 is 5.73 Å². The molecule has 0 amide bonds. The number of nitrogen functional groups attached to an aromatic ring is 1. The van der Waals surface area contributed by atoms with Crippen LogP contribution in [0.5, 0.6) is 0 Å². The SMILES string of the molecule is CCOC(=O)O[C@H]1[C@H](c2ccc3c(N)ncnn23)O[C@](C#N)(COC(=O)CC(C)(C)C)[C@H]1OC(=O)OCC. The van der Waals surface area contributed by atoms with E-state index in [0.717, 1.165) is 0 Å². The third-order valence-corrected chi connectivity index (χ3v) is 5.49. The Balaban J connectivity index is 2.08. The lowest BCUT2D eigenvalue weighted by Crippen LogP contribution is -2.50. The Kier molecular flexibility index (Phi) is 8.62. The summed E-state index contributed by atoms with van der Waals surface area (Å²) < 4.78 is 33.7. The molecule has 1 aliphatic heterocycles. The van der Waals surface area contributed by atoms with Crippen molar-refractivity contribution in [2.45, 2.75) is 65.0 Å². The number of aromatic nitrogens is 3. The van der Waals surface area contributed by atoms with Gasteiger partial charge in [-0.05, 0) is 31.4 Å². The predicted molar refractivity (Wildman–Crippen MR) is 128 cm³/mol. The quantitative estimate of drug-likeness (QED) is 0.386. The van der Waals surface area contributed by atoms with E-state index in [9.17, 15) is 19.6 Å². The molecule has 0 saturated carbocycles. The van der Waals surface area contributed by atoms with Gasteiger partial charge >= 0.3 is 18.3 Å².